The number of nitro benzene ring substituents is 1. The second-order valence-corrected chi connectivity index (χ2v) is 5.82. The summed E-state index contributed by atoms with van der Waals surface area (Å²) in [5.41, 5.74) is 0.567. The van der Waals surface area contributed by atoms with Crippen LogP contribution in [0.4, 0.5) is 18.9 Å². The fourth-order valence-electron chi connectivity index (χ4n) is 2.24. The Labute approximate surface area is 162 Å². The van der Waals surface area contributed by atoms with Crippen molar-refractivity contribution in [2.24, 2.45) is 5.10 Å². The lowest BCUT2D eigenvalue weighted by atomic mass is 10.1. The third-order valence-corrected chi connectivity index (χ3v) is 3.70. The van der Waals surface area contributed by atoms with Crippen molar-refractivity contribution in [3.8, 4) is 0 Å². The SMILES string of the molecule is CC(NC(=O)c1cccc([N+](=O)[O-])c1)C(=O)N/N=C/c1ccccc1C(F)(F)F. The van der Waals surface area contributed by atoms with Crippen molar-refractivity contribution in [3.05, 3.63) is 75.3 Å². The third kappa shape index (κ3) is 5.86. The molecule has 0 saturated carbocycles. The van der Waals surface area contributed by atoms with Crippen molar-refractivity contribution in [2.75, 3.05) is 0 Å². The first-order valence-corrected chi connectivity index (χ1v) is 8.14. The Kier molecular flexibility index (Phi) is 6.65. The Morgan fingerprint density at radius 3 is 2.52 bits per heavy atom. The van der Waals surface area contributed by atoms with Crippen LogP contribution in [0.25, 0.3) is 0 Å². The second kappa shape index (κ2) is 8.95. The lowest BCUT2D eigenvalue weighted by molar-refractivity contribution is -0.384. The Bertz CT molecular complexity index is 960. The third-order valence-electron chi connectivity index (χ3n) is 3.70. The van der Waals surface area contributed by atoms with E-state index in [9.17, 15) is 32.9 Å². The van der Waals surface area contributed by atoms with Gasteiger partial charge in [-0.05, 0) is 19.1 Å². The Morgan fingerprint density at radius 2 is 1.86 bits per heavy atom. The predicted octanol–water partition coefficient (Wildman–Crippen LogP) is 2.88. The molecule has 0 saturated heterocycles. The molecule has 0 aliphatic carbocycles. The van der Waals surface area contributed by atoms with Crippen LogP contribution >= 0.6 is 0 Å². The van der Waals surface area contributed by atoms with Crippen LogP contribution in [0, 0.1) is 10.1 Å². The van der Waals surface area contributed by atoms with Gasteiger partial charge >= 0.3 is 6.18 Å². The molecule has 2 N–H and O–H groups in total. The summed E-state index contributed by atoms with van der Waals surface area (Å²) < 4.78 is 38.7. The number of halogens is 3. The summed E-state index contributed by atoms with van der Waals surface area (Å²) >= 11 is 0. The number of carbonyl (C=O) groups excluding carboxylic acids is 2. The van der Waals surface area contributed by atoms with Gasteiger partial charge in [-0.15, -0.1) is 0 Å². The monoisotopic (exact) mass is 408 g/mol. The number of hydrogen-bond donors (Lipinski definition) is 2. The van der Waals surface area contributed by atoms with Gasteiger partial charge < -0.3 is 5.32 Å². The molecular formula is C18H15F3N4O4. The van der Waals surface area contributed by atoms with E-state index in [0.29, 0.717) is 0 Å². The molecule has 0 radical (unpaired) electrons. The topological polar surface area (TPSA) is 114 Å². The van der Waals surface area contributed by atoms with Crippen LogP contribution in [0.3, 0.4) is 0 Å². The maximum Gasteiger partial charge on any atom is 0.417 e. The maximum absolute atomic E-state index is 12.9. The molecule has 0 spiro atoms. The number of alkyl halides is 3. The first-order valence-electron chi connectivity index (χ1n) is 8.14. The van der Waals surface area contributed by atoms with Crippen molar-refractivity contribution in [3.63, 3.8) is 0 Å². The summed E-state index contributed by atoms with van der Waals surface area (Å²) in [7, 11) is 0. The largest absolute Gasteiger partial charge is 0.417 e. The maximum atomic E-state index is 12.9. The summed E-state index contributed by atoms with van der Waals surface area (Å²) in [6, 6.07) is 8.49. The van der Waals surface area contributed by atoms with Crippen molar-refractivity contribution in [2.45, 2.75) is 19.1 Å². The number of nitrogens with one attached hydrogen (secondary N) is 2. The number of rotatable bonds is 6. The first kappa shape index (κ1) is 21.5. The molecule has 11 heteroatoms. The summed E-state index contributed by atoms with van der Waals surface area (Å²) in [5.74, 6) is -1.52. The molecule has 0 aromatic heterocycles. The molecule has 2 aromatic carbocycles. The van der Waals surface area contributed by atoms with E-state index in [-0.39, 0.29) is 16.8 Å². The van der Waals surface area contributed by atoms with Crippen LogP contribution < -0.4 is 10.7 Å². The standard InChI is InChI=1S/C18H15F3N4O4/c1-11(23-17(27)12-6-4-7-14(9-12)25(28)29)16(26)24-22-10-13-5-2-3-8-15(13)18(19,20)21/h2-11H,1H3,(H,23,27)(H,24,26)/b22-10+. The number of non-ortho nitro benzene ring substituents is 1. The fraction of sp³-hybridized carbons (Fsp3) is 0.167. The number of carbonyl (C=O) groups is 2. The van der Waals surface area contributed by atoms with Crippen LogP contribution in [0.15, 0.2) is 53.6 Å². The highest BCUT2D eigenvalue weighted by Gasteiger charge is 2.32. The number of nitrogens with zero attached hydrogens (tertiary/aromatic N) is 2. The number of benzene rings is 2. The van der Waals surface area contributed by atoms with Crippen molar-refractivity contribution >= 4 is 23.7 Å². The zero-order valence-corrected chi connectivity index (χ0v) is 14.9. The van der Waals surface area contributed by atoms with Crippen LogP contribution in [-0.4, -0.2) is 29.0 Å². The van der Waals surface area contributed by atoms with Gasteiger partial charge in [0.05, 0.1) is 16.7 Å². The zero-order valence-electron chi connectivity index (χ0n) is 14.9. The van der Waals surface area contributed by atoms with Crippen LogP contribution in [0.5, 0.6) is 0 Å². The number of amides is 2. The molecule has 0 aliphatic heterocycles. The molecule has 8 nitrogen and oxygen atoms in total. The minimum atomic E-state index is -4.58. The quantitative estimate of drug-likeness (QED) is 0.435. The predicted molar refractivity (Wildman–Crippen MR) is 97.2 cm³/mol. The average Bonchev–Trinajstić information content (AvgIpc) is 2.67. The van der Waals surface area contributed by atoms with Gasteiger partial charge in [-0.3, -0.25) is 19.7 Å². The molecule has 2 aromatic rings. The van der Waals surface area contributed by atoms with Gasteiger partial charge in [-0.2, -0.15) is 18.3 Å². The highest BCUT2D eigenvalue weighted by molar-refractivity contribution is 5.98. The Morgan fingerprint density at radius 1 is 1.17 bits per heavy atom. The van der Waals surface area contributed by atoms with Crippen LogP contribution in [-0.2, 0) is 11.0 Å². The van der Waals surface area contributed by atoms with E-state index < -0.39 is 34.5 Å². The number of hydrazone groups is 1. The van der Waals surface area contributed by atoms with E-state index in [1.165, 1.54) is 43.3 Å². The summed E-state index contributed by atoms with van der Waals surface area (Å²) in [5, 5.41) is 16.6. The smallest absolute Gasteiger partial charge is 0.340 e. The van der Waals surface area contributed by atoms with Crippen LogP contribution in [0.1, 0.15) is 28.4 Å². The van der Waals surface area contributed by atoms with E-state index in [2.05, 4.69) is 10.4 Å². The molecule has 29 heavy (non-hydrogen) atoms. The van der Waals surface area contributed by atoms with Gasteiger partial charge in [0.25, 0.3) is 17.5 Å². The molecule has 0 heterocycles. The van der Waals surface area contributed by atoms with Gasteiger partial charge in [0.15, 0.2) is 0 Å². The van der Waals surface area contributed by atoms with Crippen molar-refractivity contribution in [1.82, 2.24) is 10.7 Å². The van der Waals surface area contributed by atoms with Gasteiger partial charge in [-0.25, -0.2) is 5.43 Å². The molecule has 2 amide bonds. The molecule has 0 fully saturated rings. The minimum Gasteiger partial charge on any atom is -0.340 e. The van der Waals surface area contributed by atoms with E-state index in [1.807, 2.05) is 5.43 Å². The van der Waals surface area contributed by atoms with Crippen molar-refractivity contribution in [1.29, 1.82) is 0 Å². The van der Waals surface area contributed by atoms with Gasteiger partial charge in [0.1, 0.15) is 6.04 Å². The highest BCUT2D eigenvalue weighted by Crippen LogP contribution is 2.31. The summed E-state index contributed by atoms with van der Waals surface area (Å²) in [6.07, 6.45) is -3.73. The second-order valence-electron chi connectivity index (χ2n) is 5.82. The molecule has 2 rings (SSSR count). The van der Waals surface area contributed by atoms with Gasteiger partial charge in [-0.1, -0.05) is 24.3 Å². The zero-order chi connectivity index (χ0) is 21.6. The molecule has 152 valence electrons. The van der Waals surface area contributed by atoms with Gasteiger partial charge in [0, 0.05) is 23.3 Å². The first-order chi connectivity index (χ1) is 13.6. The molecule has 1 unspecified atom stereocenters. The fourth-order valence-corrected chi connectivity index (χ4v) is 2.24. The summed E-state index contributed by atoms with van der Waals surface area (Å²) in [6.45, 7) is 1.32. The summed E-state index contributed by atoms with van der Waals surface area (Å²) in [4.78, 5) is 34.2. The lowest BCUT2D eigenvalue weighted by Crippen LogP contribution is -2.43. The lowest BCUT2D eigenvalue weighted by Gasteiger charge is -2.12. The van der Waals surface area contributed by atoms with E-state index >= 15 is 0 Å². The van der Waals surface area contributed by atoms with Crippen molar-refractivity contribution < 1.29 is 27.7 Å². The number of hydrogen-bond acceptors (Lipinski definition) is 5. The van der Waals surface area contributed by atoms with E-state index in [1.54, 1.807) is 0 Å². The minimum absolute atomic E-state index is 0.0264. The number of nitro groups is 1. The highest BCUT2D eigenvalue weighted by atomic mass is 19.4. The van der Waals surface area contributed by atoms with Gasteiger partial charge in [0.2, 0.25) is 0 Å². The molecule has 1 atom stereocenters. The molecule has 0 bridgehead atoms. The Hall–Kier alpha value is -3.76. The van der Waals surface area contributed by atoms with Crippen LogP contribution in [0.2, 0.25) is 0 Å². The normalized spacial score (nSPS) is 12.4. The molecule has 0 aliphatic rings. The van der Waals surface area contributed by atoms with E-state index in [4.69, 9.17) is 0 Å². The Balaban J connectivity index is 2.00. The average molecular weight is 408 g/mol. The molecular weight excluding hydrogens is 393 g/mol. The van der Waals surface area contributed by atoms with E-state index in [0.717, 1.165) is 18.3 Å².